The van der Waals surface area contributed by atoms with Gasteiger partial charge in [-0.2, -0.15) is 0 Å². The highest BCUT2D eigenvalue weighted by atomic mass is 16.3. The number of phenols is 1. The zero-order chi connectivity index (χ0) is 27.6. The maximum Gasteiger partial charge on any atom is 0.235 e. The fraction of sp³-hybridized carbons (Fsp3) is 0.258. The number of rotatable bonds is 3. The van der Waals surface area contributed by atoms with Crippen LogP contribution in [0.3, 0.4) is 0 Å². The van der Waals surface area contributed by atoms with Gasteiger partial charge in [0.15, 0.2) is 34.7 Å². The van der Waals surface area contributed by atoms with E-state index in [0.29, 0.717) is 16.7 Å². The van der Waals surface area contributed by atoms with E-state index >= 15 is 0 Å². The third-order valence-corrected chi connectivity index (χ3v) is 8.57. The maximum absolute atomic E-state index is 14.1. The Balaban J connectivity index is 1.53. The van der Waals surface area contributed by atoms with E-state index in [1.54, 1.807) is 24.3 Å². The van der Waals surface area contributed by atoms with Gasteiger partial charge in [-0.1, -0.05) is 60.7 Å². The summed E-state index contributed by atoms with van der Waals surface area (Å²) in [6.07, 6.45) is -0.0926. The molecule has 0 aliphatic heterocycles. The molecule has 2 unspecified atom stereocenters. The topological polar surface area (TPSA) is 152 Å². The highest BCUT2D eigenvalue weighted by Crippen LogP contribution is 2.52. The largest absolute Gasteiger partial charge is 0.507 e. The first-order chi connectivity index (χ1) is 18.6. The number of hydrogen-bond donors (Lipinski definition) is 3. The second kappa shape index (κ2) is 8.81. The molecule has 8 heteroatoms. The third-order valence-electron chi connectivity index (χ3n) is 8.57. The number of carbonyl (C=O) groups is 5. The van der Waals surface area contributed by atoms with Crippen molar-refractivity contribution in [3.05, 3.63) is 77.9 Å². The summed E-state index contributed by atoms with van der Waals surface area (Å²) in [6, 6.07) is 20.3. The lowest BCUT2D eigenvalue weighted by Gasteiger charge is -2.48. The van der Waals surface area contributed by atoms with Crippen molar-refractivity contribution in [2.75, 3.05) is 0 Å². The van der Waals surface area contributed by atoms with Gasteiger partial charge in [0.2, 0.25) is 5.91 Å². The predicted molar refractivity (Wildman–Crippen MR) is 139 cm³/mol. The Hall–Kier alpha value is -4.43. The summed E-state index contributed by atoms with van der Waals surface area (Å²) in [6.45, 7) is 0. The quantitative estimate of drug-likeness (QED) is 0.446. The molecule has 0 radical (unpaired) electrons. The van der Waals surface area contributed by atoms with E-state index in [1.165, 1.54) is 0 Å². The van der Waals surface area contributed by atoms with Gasteiger partial charge in [-0.05, 0) is 47.1 Å². The Morgan fingerprint density at radius 3 is 2.03 bits per heavy atom. The first kappa shape index (κ1) is 24.9. The van der Waals surface area contributed by atoms with Crippen molar-refractivity contribution in [3.63, 3.8) is 0 Å². The van der Waals surface area contributed by atoms with Crippen LogP contribution in [0.4, 0.5) is 0 Å². The van der Waals surface area contributed by atoms with Crippen LogP contribution in [0.15, 0.2) is 66.7 Å². The van der Waals surface area contributed by atoms with Gasteiger partial charge in [-0.25, -0.2) is 0 Å². The number of primary amides is 1. The van der Waals surface area contributed by atoms with Crippen molar-refractivity contribution in [3.8, 4) is 28.0 Å². The number of aromatic hydroxyl groups is 1. The van der Waals surface area contributed by atoms with E-state index in [9.17, 15) is 34.2 Å². The lowest BCUT2D eigenvalue weighted by molar-refractivity contribution is -0.175. The number of Topliss-reactive ketones (excluding diaryl/α,β-unsaturated/α-hetero) is 4. The molecule has 8 nitrogen and oxygen atoms in total. The molecule has 4 N–H and O–H groups in total. The zero-order valence-corrected chi connectivity index (χ0v) is 20.8. The van der Waals surface area contributed by atoms with Crippen LogP contribution in [0.1, 0.15) is 28.8 Å². The molecule has 3 aliphatic rings. The first-order valence-corrected chi connectivity index (χ1v) is 12.8. The molecular formula is C31H25NO7. The summed E-state index contributed by atoms with van der Waals surface area (Å²) in [5.41, 5.74) is 5.78. The van der Waals surface area contributed by atoms with E-state index in [-0.39, 0.29) is 30.6 Å². The van der Waals surface area contributed by atoms with Gasteiger partial charge in [-0.15, -0.1) is 0 Å². The molecule has 0 aromatic heterocycles. The van der Waals surface area contributed by atoms with E-state index in [0.717, 1.165) is 11.1 Å². The van der Waals surface area contributed by atoms with Crippen LogP contribution in [0.5, 0.6) is 5.75 Å². The third kappa shape index (κ3) is 3.51. The molecule has 196 valence electrons. The lowest BCUT2D eigenvalue weighted by atomic mass is 9.53. The zero-order valence-electron chi connectivity index (χ0n) is 20.8. The van der Waals surface area contributed by atoms with Crippen molar-refractivity contribution in [1.29, 1.82) is 0 Å². The number of fused-ring (bicyclic) bond motifs is 3. The fourth-order valence-corrected chi connectivity index (χ4v) is 6.75. The van der Waals surface area contributed by atoms with Crippen molar-refractivity contribution in [1.82, 2.24) is 0 Å². The first-order valence-electron chi connectivity index (χ1n) is 12.8. The predicted octanol–water partition coefficient (Wildman–Crippen LogP) is 2.66. The smallest absolute Gasteiger partial charge is 0.235 e. The average Bonchev–Trinajstić information content (AvgIpc) is 2.91. The summed E-state index contributed by atoms with van der Waals surface area (Å²) in [7, 11) is 0. The Kier molecular flexibility index (Phi) is 5.62. The standard InChI is InChI=1S/C31H25NO7/c32-30(38)25-22(33)13-18-11-17-12-21-19(15-7-3-1-4-8-15)14-20(16-9-5-2-6-10-16)26(34)24(21)27(35)23(17)28(36)31(18,39)29(25)37/h1-10,14,17-18,23,25,34,39H,11-13H2,(H2,32,38)/t17-,18+,23?,25?,31+/m1/s1. The van der Waals surface area contributed by atoms with Crippen LogP contribution in [-0.4, -0.2) is 44.9 Å². The van der Waals surface area contributed by atoms with Gasteiger partial charge < -0.3 is 15.9 Å². The average molecular weight is 524 g/mol. The number of amides is 1. The molecule has 3 aliphatic carbocycles. The van der Waals surface area contributed by atoms with Crippen molar-refractivity contribution >= 4 is 29.0 Å². The van der Waals surface area contributed by atoms with E-state index in [2.05, 4.69) is 0 Å². The van der Waals surface area contributed by atoms with Crippen molar-refractivity contribution in [2.24, 2.45) is 29.4 Å². The molecule has 1 amide bonds. The Morgan fingerprint density at radius 2 is 1.44 bits per heavy atom. The van der Waals surface area contributed by atoms with Crippen LogP contribution >= 0.6 is 0 Å². The minimum atomic E-state index is -2.67. The van der Waals surface area contributed by atoms with Gasteiger partial charge in [0.05, 0.1) is 11.5 Å². The number of phenolic OH excluding ortho intramolecular Hbond substituents is 1. The van der Waals surface area contributed by atoms with Crippen LogP contribution in [0.2, 0.25) is 0 Å². The number of aliphatic hydroxyl groups is 1. The number of benzene rings is 3. The van der Waals surface area contributed by atoms with Gasteiger partial charge >= 0.3 is 0 Å². The van der Waals surface area contributed by atoms with Crippen LogP contribution in [0, 0.1) is 23.7 Å². The van der Waals surface area contributed by atoms with E-state index in [4.69, 9.17) is 5.73 Å². The number of hydrogen-bond acceptors (Lipinski definition) is 7. The number of carbonyl (C=O) groups excluding carboxylic acids is 5. The lowest BCUT2D eigenvalue weighted by Crippen LogP contribution is -2.68. The highest BCUT2D eigenvalue weighted by molar-refractivity contribution is 6.31. The van der Waals surface area contributed by atoms with Crippen molar-refractivity contribution in [2.45, 2.75) is 24.9 Å². The molecule has 2 saturated carbocycles. The van der Waals surface area contributed by atoms with E-state index < -0.39 is 58.3 Å². The summed E-state index contributed by atoms with van der Waals surface area (Å²) < 4.78 is 0. The van der Waals surface area contributed by atoms with Crippen LogP contribution < -0.4 is 5.73 Å². The highest BCUT2D eigenvalue weighted by Gasteiger charge is 2.66. The van der Waals surface area contributed by atoms with Crippen LogP contribution in [-0.2, 0) is 25.6 Å². The monoisotopic (exact) mass is 523 g/mol. The summed E-state index contributed by atoms with van der Waals surface area (Å²) in [4.78, 5) is 65.5. The minimum Gasteiger partial charge on any atom is -0.507 e. The second-order valence-corrected chi connectivity index (χ2v) is 10.6. The second-order valence-electron chi connectivity index (χ2n) is 10.6. The normalized spacial score (nSPS) is 27.9. The van der Waals surface area contributed by atoms with Gasteiger partial charge in [0, 0.05) is 17.9 Å². The summed E-state index contributed by atoms with van der Waals surface area (Å²) in [5, 5.41) is 22.9. The Bertz CT molecular complexity index is 1580. The Labute approximate surface area is 223 Å². The molecule has 2 fully saturated rings. The van der Waals surface area contributed by atoms with Gasteiger partial charge in [0.25, 0.3) is 0 Å². The molecule has 3 aromatic carbocycles. The molecule has 0 spiro atoms. The number of ketones is 4. The molecule has 5 atom stereocenters. The minimum absolute atomic E-state index is 0.0161. The molecule has 6 rings (SSSR count). The van der Waals surface area contributed by atoms with Crippen molar-refractivity contribution < 1.29 is 34.2 Å². The SMILES string of the molecule is NC(=O)C1C(=O)C[C@@H]2C[C@@H]3Cc4c(-c5ccccc5)cc(-c5ccccc5)c(O)c4C(=O)C3C(=O)[C@]2(O)C1=O. The Morgan fingerprint density at radius 1 is 0.846 bits per heavy atom. The van der Waals surface area contributed by atoms with E-state index in [1.807, 2.05) is 42.5 Å². The maximum atomic E-state index is 14.1. The molecule has 39 heavy (non-hydrogen) atoms. The summed E-state index contributed by atoms with van der Waals surface area (Å²) in [5.74, 6) is -10.2. The van der Waals surface area contributed by atoms with Gasteiger partial charge in [0.1, 0.15) is 5.75 Å². The van der Waals surface area contributed by atoms with Crippen LogP contribution in [0.25, 0.3) is 22.3 Å². The molecule has 0 heterocycles. The molecule has 0 saturated heterocycles. The molecule has 0 bridgehead atoms. The number of nitrogens with two attached hydrogens (primary N) is 1. The molecular weight excluding hydrogens is 498 g/mol. The van der Waals surface area contributed by atoms with Gasteiger partial charge in [-0.3, -0.25) is 24.0 Å². The fourth-order valence-electron chi connectivity index (χ4n) is 6.75. The molecule has 3 aromatic rings. The summed E-state index contributed by atoms with van der Waals surface area (Å²) >= 11 is 0.